The van der Waals surface area contributed by atoms with Gasteiger partial charge in [0.15, 0.2) is 0 Å². The van der Waals surface area contributed by atoms with Gasteiger partial charge in [0.2, 0.25) is 5.91 Å². The van der Waals surface area contributed by atoms with Crippen molar-refractivity contribution in [1.82, 2.24) is 9.88 Å². The van der Waals surface area contributed by atoms with E-state index in [1.807, 2.05) is 29.2 Å². The standard InChI is InChI=1S/C20H18N2OS/c23-19(22-12-10-15-5-1-2-6-17(15)13-22)14-24-18-9-3-7-16-8-4-11-21-20(16)18/h1-9,11H,10,12-14H2. The zero-order chi connectivity index (χ0) is 16.4. The van der Waals surface area contributed by atoms with Gasteiger partial charge in [-0.1, -0.05) is 42.5 Å². The van der Waals surface area contributed by atoms with E-state index in [-0.39, 0.29) is 5.91 Å². The number of hydrogen-bond donors (Lipinski definition) is 0. The molecule has 0 bridgehead atoms. The lowest BCUT2D eigenvalue weighted by atomic mass is 10.00. The number of para-hydroxylation sites is 1. The van der Waals surface area contributed by atoms with Crippen LogP contribution < -0.4 is 0 Å². The summed E-state index contributed by atoms with van der Waals surface area (Å²) in [7, 11) is 0. The third-order valence-electron chi connectivity index (χ3n) is 4.43. The van der Waals surface area contributed by atoms with Gasteiger partial charge >= 0.3 is 0 Å². The van der Waals surface area contributed by atoms with Crippen LogP contribution in [0.5, 0.6) is 0 Å². The molecule has 0 radical (unpaired) electrons. The third-order valence-corrected chi connectivity index (χ3v) is 5.46. The van der Waals surface area contributed by atoms with Crippen LogP contribution in [0, 0.1) is 0 Å². The number of aromatic nitrogens is 1. The Bertz CT molecular complexity index is 888. The minimum atomic E-state index is 0.197. The largest absolute Gasteiger partial charge is 0.337 e. The van der Waals surface area contributed by atoms with Crippen molar-refractivity contribution in [3.05, 3.63) is 71.9 Å². The van der Waals surface area contributed by atoms with Crippen LogP contribution >= 0.6 is 11.8 Å². The Kier molecular flexibility index (Phi) is 4.22. The summed E-state index contributed by atoms with van der Waals surface area (Å²) in [5.41, 5.74) is 3.61. The fourth-order valence-electron chi connectivity index (χ4n) is 3.13. The molecule has 1 aromatic heterocycles. The average Bonchev–Trinajstić information content (AvgIpc) is 2.65. The highest BCUT2D eigenvalue weighted by Crippen LogP contribution is 2.27. The molecule has 24 heavy (non-hydrogen) atoms. The lowest BCUT2D eigenvalue weighted by molar-refractivity contribution is -0.129. The smallest absolute Gasteiger partial charge is 0.233 e. The molecule has 0 spiro atoms. The molecule has 2 heterocycles. The number of nitrogens with zero attached hydrogens (tertiary/aromatic N) is 2. The maximum absolute atomic E-state index is 12.6. The highest BCUT2D eigenvalue weighted by atomic mass is 32.2. The monoisotopic (exact) mass is 334 g/mol. The zero-order valence-corrected chi connectivity index (χ0v) is 14.1. The van der Waals surface area contributed by atoms with E-state index in [2.05, 4.69) is 35.3 Å². The van der Waals surface area contributed by atoms with Crippen molar-refractivity contribution >= 4 is 28.6 Å². The van der Waals surface area contributed by atoms with E-state index in [1.54, 1.807) is 18.0 Å². The number of amides is 1. The number of fused-ring (bicyclic) bond motifs is 2. The van der Waals surface area contributed by atoms with Gasteiger partial charge in [0, 0.05) is 29.6 Å². The molecule has 3 nitrogen and oxygen atoms in total. The van der Waals surface area contributed by atoms with E-state index < -0.39 is 0 Å². The number of pyridine rings is 1. The fourth-order valence-corrected chi connectivity index (χ4v) is 4.08. The second-order valence-corrected chi connectivity index (χ2v) is 6.97. The summed E-state index contributed by atoms with van der Waals surface area (Å²) in [6.07, 6.45) is 2.75. The summed E-state index contributed by atoms with van der Waals surface area (Å²) in [6, 6.07) is 18.5. The molecule has 0 atom stereocenters. The van der Waals surface area contributed by atoms with Crippen LogP contribution in [-0.4, -0.2) is 28.1 Å². The summed E-state index contributed by atoms with van der Waals surface area (Å²) >= 11 is 1.58. The van der Waals surface area contributed by atoms with Gasteiger partial charge in [0.1, 0.15) is 0 Å². The molecule has 1 aliphatic rings. The Labute approximate surface area is 145 Å². The molecule has 0 aliphatic carbocycles. The summed E-state index contributed by atoms with van der Waals surface area (Å²) in [5, 5.41) is 1.11. The molecule has 1 amide bonds. The first-order valence-electron chi connectivity index (χ1n) is 8.12. The quantitative estimate of drug-likeness (QED) is 0.681. The van der Waals surface area contributed by atoms with Gasteiger partial charge in [-0.05, 0) is 29.7 Å². The molecule has 0 saturated heterocycles. The lowest BCUT2D eigenvalue weighted by Crippen LogP contribution is -2.37. The van der Waals surface area contributed by atoms with Gasteiger partial charge in [-0.15, -0.1) is 11.8 Å². The first-order valence-corrected chi connectivity index (χ1v) is 9.11. The topological polar surface area (TPSA) is 33.2 Å². The van der Waals surface area contributed by atoms with Gasteiger partial charge in [0.05, 0.1) is 11.3 Å². The molecule has 0 N–H and O–H groups in total. The van der Waals surface area contributed by atoms with E-state index >= 15 is 0 Å². The zero-order valence-electron chi connectivity index (χ0n) is 13.3. The Balaban J connectivity index is 1.45. The number of rotatable bonds is 3. The molecule has 0 saturated carbocycles. The molecule has 0 unspecified atom stereocenters. The van der Waals surface area contributed by atoms with Crippen LogP contribution in [0.2, 0.25) is 0 Å². The van der Waals surface area contributed by atoms with Crippen molar-refractivity contribution < 1.29 is 4.79 Å². The van der Waals surface area contributed by atoms with Crippen LogP contribution in [0.4, 0.5) is 0 Å². The second-order valence-electron chi connectivity index (χ2n) is 5.95. The van der Waals surface area contributed by atoms with Crippen LogP contribution in [0.3, 0.4) is 0 Å². The molecule has 0 fully saturated rings. The summed E-state index contributed by atoms with van der Waals surface area (Å²) in [4.78, 5) is 20.1. The number of carbonyl (C=O) groups is 1. The van der Waals surface area contributed by atoms with E-state index in [4.69, 9.17) is 0 Å². The van der Waals surface area contributed by atoms with E-state index in [1.165, 1.54) is 11.1 Å². The number of hydrogen-bond acceptors (Lipinski definition) is 3. The first-order chi connectivity index (χ1) is 11.8. The Morgan fingerprint density at radius 3 is 2.79 bits per heavy atom. The van der Waals surface area contributed by atoms with Gasteiger partial charge in [-0.25, -0.2) is 0 Å². The summed E-state index contributed by atoms with van der Waals surface area (Å²) < 4.78 is 0. The normalized spacial score (nSPS) is 13.8. The van der Waals surface area contributed by atoms with Gasteiger partial charge in [-0.3, -0.25) is 9.78 Å². The van der Waals surface area contributed by atoms with Crippen molar-refractivity contribution in [2.24, 2.45) is 0 Å². The minimum absolute atomic E-state index is 0.197. The minimum Gasteiger partial charge on any atom is -0.337 e. The molecule has 4 rings (SSSR count). The van der Waals surface area contributed by atoms with Crippen LogP contribution in [0.15, 0.2) is 65.7 Å². The van der Waals surface area contributed by atoms with Gasteiger partial charge in [-0.2, -0.15) is 0 Å². The predicted octanol–water partition coefficient (Wildman–Crippen LogP) is 3.91. The van der Waals surface area contributed by atoms with Gasteiger partial charge in [0.25, 0.3) is 0 Å². The Morgan fingerprint density at radius 2 is 1.88 bits per heavy atom. The van der Waals surface area contributed by atoms with Crippen LogP contribution in [-0.2, 0) is 17.8 Å². The predicted molar refractivity (Wildman–Crippen MR) is 98.0 cm³/mol. The lowest BCUT2D eigenvalue weighted by Gasteiger charge is -2.28. The maximum Gasteiger partial charge on any atom is 0.233 e. The summed E-state index contributed by atoms with van der Waals surface area (Å²) in [6.45, 7) is 1.54. The van der Waals surface area contributed by atoms with E-state index in [9.17, 15) is 4.79 Å². The second kappa shape index (κ2) is 6.65. The highest BCUT2D eigenvalue weighted by molar-refractivity contribution is 8.00. The highest BCUT2D eigenvalue weighted by Gasteiger charge is 2.20. The van der Waals surface area contributed by atoms with E-state index in [0.717, 1.165) is 35.3 Å². The Morgan fingerprint density at radius 1 is 1.04 bits per heavy atom. The van der Waals surface area contributed by atoms with E-state index in [0.29, 0.717) is 5.75 Å². The SMILES string of the molecule is O=C(CSc1cccc2cccnc12)N1CCc2ccccc2C1. The number of benzene rings is 2. The van der Waals surface area contributed by atoms with Gasteiger partial charge < -0.3 is 4.90 Å². The summed E-state index contributed by atoms with van der Waals surface area (Å²) in [5.74, 6) is 0.653. The van der Waals surface area contributed by atoms with Crippen LogP contribution in [0.1, 0.15) is 11.1 Å². The average molecular weight is 334 g/mol. The Hall–Kier alpha value is -2.33. The van der Waals surface area contributed by atoms with Crippen molar-refractivity contribution in [1.29, 1.82) is 0 Å². The number of carbonyl (C=O) groups excluding carboxylic acids is 1. The fraction of sp³-hybridized carbons (Fsp3) is 0.200. The molecule has 3 aromatic rings. The molecule has 2 aromatic carbocycles. The molecular weight excluding hydrogens is 316 g/mol. The van der Waals surface area contributed by atoms with Crippen molar-refractivity contribution in [3.63, 3.8) is 0 Å². The molecule has 120 valence electrons. The van der Waals surface area contributed by atoms with Crippen molar-refractivity contribution in [2.75, 3.05) is 12.3 Å². The molecule has 4 heteroatoms. The molecule has 1 aliphatic heterocycles. The maximum atomic E-state index is 12.6. The molecular formula is C20H18N2OS. The van der Waals surface area contributed by atoms with Crippen LogP contribution in [0.25, 0.3) is 10.9 Å². The first kappa shape index (κ1) is 15.2. The van der Waals surface area contributed by atoms with Crippen molar-refractivity contribution in [2.45, 2.75) is 17.9 Å². The number of thioether (sulfide) groups is 1. The third kappa shape index (κ3) is 3.02. The van der Waals surface area contributed by atoms with Crippen molar-refractivity contribution in [3.8, 4) is 0 Å².